The lowest BCUT2D eigenvalue weighted by Crippen LogP contribution is -2.53. The first-order chi connectivity index (χ1) is 9.49. The van der Waals surface area contributed by atoms with Crippen LogP contribution in [-0.2, 0) is 0 Å². The Labute approximate surface area is 124 Å². The van der Waals surface area contributed by atoms with Gasteiger partial charge in [-0.2, -0.15) is 0 Å². The van der Waals surface area contributed by atoms with Gasteiger partial charge in [-0.15, -0.1) is 0 Å². The molecule has 1 aromatic carbocycles. The third-order valence-corrected chi connectivity index (χ3v) is 4.01. The van der Waals surface area contributed by atoms with Crippen molar-refractivity contribution in [3.05, 3.63) is 34.9 Å². The smallest absolute Gasteiger partial charge is 0.319 e. The number of likely N-dealkylation sites (tertiary alicyclic amines) is 1. The van der Waals surface area contributed by atoms with Gasteiger partial charge in [-0.25, -0.2) is 4.79 Å². The highest BCUT2D eigenvalue weighted by molar-refractivity contribution is 6.30. The summed E-state index contributed by atoms with van der Waals surface area (Å²) in [6.45, 7) is 4.03. The standard InChI is InChI=1S/C15H19ClN2O2/c1-10-4-3-5-11(2)18(10)15(20)17-14(19)12-6-8-13(16)9-7-12/h6-11H,3-5H2,1-2H3,(H,17,19,20). The summed E-state index contributed by atoms with van der Waals surface area (Å²) < 4.78 is 0. The van der Waals surface area contributed by atoms with E-state index in [1.165, 1.54) is 0 Å². The van der Waals surface area contributed by atoms with Crippen molar-refractivity contribution in [1.29, 1.82) is 0 Å². The van der Waals surface area contributed by atoms with Crippen LogP contribution in [0.2, 0.25) is 5.02 Å². The van der Waals surface area contributed by atoms with Gasteiger partial charge < -0.3 is 4.90 Å². The number of carbonyl (C=O) groups is 2. The number of hydrogen-bond acceptors (Lipinski definition) is 2. The highest BCUT2D eigenvalue weighted by Crippen LogP contribution is 2.22. The number of piperidine rings is 1. The van der Waals surface area contributed by atoms with Crippen molar-refractivity contribution in [1.82, 2.24) is 10.2 Å². The number of rotatable bonds is 1. The average molecular weight is 295 g/mol. The zero-order chi connectivity index (χ0) is 14.7. The molecule has 2 atom stereocenters. The molecule has 0 aliphatic carbocycles. The fraction of sp³-hybridized carbons (Fsp3) is 0.467. The number of benzene rings is 1. The molecule has 1 N–H and O–H groups in total. The monoisotopic (exact) mass is 294 g/mol. The summed E-state index contributed by atoms with van der Waals surface area (Å²) in [5.74, 6) is -0.392. The number of hydrogen-bond donors (Lipinski definition) is 1. The number of urea groups is 1. The number of carbonyl (C=O) groups excluding carboxylic acids is 2. The number of nitrogens with one attached hydrogen (secondary N) is 1. The minimum Gasteiger partial charge on any atom is -0.319 e. The predicted molar refractivity (Wildman–Crippen MR) is 78.9 cm³/mol. The Hall–Kier alpha value is -1.55. The van der Waals surface area contributed by atoms with Gasteiger partial charge in [0.1, 0.15) is 0 Å². The van der Waals surface area contributed by atoms with E-state index >= 15 is 0 Å². The third-order valence-electron chi connectivity index (χ3n) is 3.75. The Bertz CT molecular complexity index is 491. The summed E-state index contributed by atoms with van der Waals surface area (Å²) in [5, 5.41) is 3.01. The second-order valence-corrected chi connectivity index (χ2v) is 5.74. The Morgan fingerprint density at radius 3 is 2.25 bits per heavy atom. The Balaban J connectivity index is 2.03. The van der Waals surface area contributed by atoms with Crippen molar-refractivity contribution in [2.24, 2.45) is 0 Å². The molecule has 1 aliphatic rings. The summed E-state index contributed by atoms with van der Waals surface area (Å²) in [6, 6.07) is 6.49. The highest BCUT2D eigenvalue weighted by atomic mass is 35.5. The minimum atomic E-state index is -0.392. The molecular weight excluding hydrogens is 276 g/mol. The second kappa shape index (κ2) is 6.27. The molecule has 5 heteroatoms. The van der Waals surface area contributed by atoms with Crippen molar-refractivity contribution in [2.75, 3.05) is 0 Å². The van der Waals surface area contributed by atoms with Crippen LogP contribution in [0.15, 0.2) is 24.3 Å². The van der Waals surface area contributed by atoms with Gasteiger partial charge in [-0.3, -0.25) is 10.1 Å². The van der Waals surface area contributed by atoms with Gasteiger partial charge in [0.25, 0.3) is 5.91 Å². The quantitative estimate of drug-likeness (QED) is 0.862. The van der Waals surface area contributed by atoms with Crippen molar-refractivity contribution < 1.29 is 9.59 Å². The summed E-state index contributed by atoms with van der Waals surface area (Å²) in [4.78, 5) is 26.0. The lowest BCUT2D eigenvalue weighted by Gasteiger charge is -2.38. The Kier molecular flexibility index (Phi) is 4.65. The van der Waals surface area contributed by atoms with E-state index in [1.807, 2.05) is 13.8 Å². The van der Waals surface area contributed by atoms with Crippen molar-refractivity contribution in [3.8, 4) is 0 Å². The molecule has 0 saturated carbocycles. The van der Waals surface area contributed by atoms with Gasteiger partial charge in [-0.05, 0) is 57.4 Å². The Morgan fingerprint density at radius 2 is 1.70 bits per heavy atom. The van der Waals surface area contributed by atoms with Crippen molar-refractivity contribution in [3.63, 3.8) is 0 Å². The minimum absolute atomic E-state index is 0.164. The van der Waals surface area contributed by atoms with E-state index in [4.69, 9.17) is 11.6 Å². The van der Waals surface area contributed by atoms with Crippen LogP contribution < -0.4 is 5.32 Å². The maximum atomic E-state index is 12.2. The van der Waals surface area contributed by atoms with Gasteiger partial charge in [0.2, 0.25) is 0 Å². The molecule has 0 spiro atoms. The third kappa shape index (κ3) is 3.31. The molecule has 1 aliphatic heterocycles. The molecule has 2 unspecified atom stereocenters. The number of amides is 3. The molecule has 4 nitrogen and oxygen atoms in total. The largest absolute Gasteiger partial charge is 0.324 e. The molecule has 0 radical (unpaired) electrons. The van der Waals surface area contributed by atoms with Crippen LogP contribution in [-0.4, -0.2) is 28.9 Å². The van der Waals surface area contributed by atoms with E-state index in [0.29, 0.717) is 10.6 Å². The number of imide groups is 1. The summed E-state index contributed by atoms with van der Waals surface area (Å²) in [6.07, 6.45) is 3.08. The van der Waals surface area contributed by atoms with Crippen molar-refractivity contribution >= 4 is 23.5 Å². The van der Waals surface area contributed by atoms with Crippen LogP contribution in [0.3, 0.4) is 0 Å². The molecule has 1 heterocycles. The van der Waals surface area contributed by atoms with Crippen molar-refractivity contribution in [2.45, 2.75) is 45.2 Å². The molecule has 1 aromatic rings. The molecule has 3 amide bonds. The first kappa shape index (κ1) is 14.9. The summed E-state index contributed by atoms with van der Waals surface area (Å²) >= 11 is 5.78. The first-order valence-electron chi connectivity index (χ1n) is 6.88. The molecule has 20 heavy (non-hydrogen) atoms. The van der Waals surface area contributed by atoms with Crippen LogP contribution in [0.1, 0.15) is 43.5 Å². The van der Waals surface area contributed by atoms with Gasteiger partial charge >= 0.3 is 6.03 Å². The van der Waals surface area contributed by atoms with Crippen LogP contribution in [0.25, 0.3) is 0 Å². The van der Waals surface area contributed by atoms with Crippen LogP contribution in [0.4, 0.5) is 4.79 Å². The van der Waals surface area contributed by atoms with E-state index in [0.717, 1.165) is 19.3 Å². The van der Waals surface area contributed by atoms with E-state index < -0.39 is 5.91 Å². The fourth-order valence-electron chi connectivity index (χ4n) is 2.66. The van der Waals surface area contributed by atoms with Gasteiger partial charge in [0.05, 0.1) is 0 Å². The first-order valence-corrected chi connectivity index (χ1v) is 7.26. The molecule has 2 rings (SSSR count). The van der Waals surface area contributed by atoms with E-state index in [2.05, 4.69) is 5.32 Å². The Morgan fingerprint density at radius 1 is 1.15 bits per heavy atom. The molecule has 108 valence electrons. The lowest BCUT2D eigenvalue weighted by atomic mass is 9.98. The molecule has 0 aromatic heterocycles. The summed E-state index contributed by atoms with van der Waals surface area (Å²) in [7, 11) is 0. The lowest BCUT2D eigenvalue weighted by molar-refractivity contribution is 0.0908. The zero-order valence-electron chi connectivity index (χ0n) is 11.7. The van der Waals surface area contributed by atoms with E-state index in [-0.39, 0.29) is 18.1 Å². The predicted octanol–water partition coefficient (Wildman–Crippen LogP) is 3.45. The molecule has 1 saturated heterocycles. The van der Waals surface area contributed by atoms with E-state index in [9.17, 15) is 9.59 Å². The van der Waals surface area contributed by atoms with Crippen LogP contribution in [0.5, 0.6) is 0 Å². The molecular formula is C15H19ClN2O2. The van der Waals surface area contributed by atoms with Gasteiger partial charge in [0, 0.05) is 22.7 Å². The topological polar surface area (TPSA) is 49.4 Å². The van der Waals surface area contributed by atoms with Gasteiger partial charge in [-0.1, -0.05) is 11.6 Å². The summed E-state index contributed by atoms with van der Waals surface area (Å²) in [5.41, 5.74) is 0.431. The normalized spacial score (nSPS) is 22.4. The zero-order valence-corrected chi connectivity index (χ0v) is 12.5. The van der Waals surface area contributed by atoms with Crippen LogP contribution >= 0.6 is 11.6 Å². The fourth-order valence-corrected chi connectivity index (χ4v) is 2.78. The van der Waals surface area contributed by atoms with Gasteiger partial charge in [0.15, 0.2) is 0 Å². The second-order valence-electron chi connectivity index (χ2n) is 5.30. The average Bonchev–Trinajstić information content (AvgIpc) is 2.39. The number of nitrogens with zero attached hydrogens (tertiary/aromatic N) is 1. The molecule has 0 bridgehead atoms. The highest BCUT2D eigenvalue weighted by Gasteiger charge is 2.29. The maximum absolute atomic E-state index is 12.2. The maximum Gasteiger partial charge on any atom is 0.324 e. The number of halogens is 1. The SMILES string of the molecule is CC1CCCC(C)N1C(=O)NC(=O)c1ccc(Cl)cc1. The van der Waals surface area contributed by atoms with E-state index in [1.54, 1.807) is 29.2 Å². The van der Waals surface area contributed by atoms with Crippen LogP contribution in [0, 0.1) is 0 Å². The molecule has 1 fully saturated rings.